The van der Waals surface area contributed by atoms with Crippen LogP contribution in [-0.4, -0.2) is 12.1 Å². The van der Waals surface area contributed by atoms with Gasteiger partial charge in [0.15, 0.2) is 0 Å². The fourth-order valence-corrected chi connectivity index (χ4v) is 1.71. The van der Waals surface area contributed by atoms with Crippen LogP contribution in [0.15, 0.2) is 10.7 Å². The molecule has 0 aliphatic heterocycles. The van der Waals surface area contributed by atoms with Crippen molar-refractivity contribution in [3.05, 3.63) is 21.8 Å². The summed E-state index contributed by atoms with van der Waals surface area (Å²) in [5, 5.41) is 0. The smallest absolute Gasteiger partial charge is 0.422 e. The number of alkyl halides is 5. The first-order valence-corrected chi connectivity index (χ1v) is 4.66. The summed E-state index contributed by atoms with van der Waals surface area (Å²) < 4.78 is 66.0. The zero-order chi connectivity index (χ0) is 12.5. The Morgan fingerprint density at radius 3 is 2.31 bits per heavy atom. The van der Waals surface area contributed by atoms with Crippen molar-refractivity contribution in [3.8, 4) is 5.88 Å². The van der Waals surface area contributed by atoms with Gasteiger partial charge in [-0.25, -0.2) is 13.8 Å². The lowest BCUT2D eigenvalue weighted by atomic mass is 10.2. The highest BCUT2D eigenvalue weighted by molar-refractivity contribution is 9.10. The van der Waals surface area contributed by atoms with Crippen molar-refractivity contribution in [2.24, 2.45) is 0 Å². The van der Waals surface area contributed by atoms with Crippen LogP contribution < -0.4 is 4.74 Å². The standard InChI is InChI=1S/C8H5BrF5NO/c1-16-7-4(8(12,13)14)5(9)3(2-15-7)6(10)11/h2,6H,1H3. The molecule has 1 heterocycles. The lowest BCUT2D eigenvalue weighted by Gasteiger charge is -2.14. The van der Waals surface area contributed by atoms with E-state index in [1.165, 1.54) is 0 Å². The van der Waals surface area contributed by atoms with E-state index < -0.39 is 34.1 Å². The van der Waals surface area contributed by atoms with Gasteiger partial charge in [0.1, 0.15) is 5.56 Å². The van der Waals surface area contributed by atoms with E-state index in [-0.39, 0.29) is 0 Å². The molecule has 0 aliphatic rings. The van der Waals surface area contributed by atoms with Gasteiger partial charge in [0.25, 0.3) is 6.43 Å². The van der Waals surface area contributed by atoms with Crippen LogP contribution in [0, 0.1) is 0 Å². The highest BCUT2D eigenvalue weighted by atomic mass is 79.9. The summed E-state index contributed by atoms with van der Waals surface area (Å²) in [6.45, 7) is 0. The SMILES string of the molecule is COc1ncc(C(F)F)c(Br)c1C(F)(F)F. The average Bonchev–Trinajstić information content (AvgIpc) is 2.14. The van der Waals surface area contributed by atoms with Crippen LogP contribution in [0.4, 0.5) is 22.0 Å². The highest BCUT2D eigenvalue weighted by Gasteiger charge is 2.39. The Hall–Kier alpha value is -0.920. The third-order valence-corrected chi connectivity index (χ3v) is 2.57. The molecule has 8 heteroatoms. The van der Waals surface area contributed by atoms with Gasteiger partial charge in [0.05, 0.1) is 12.7 Å². The van der Waals surface area contributed by atoms with E-state index in [0.717, 1.165) is 7.11 Å². The maximum absolute atomic E-state index is 12.5. The van der Waals surface area contributed by atoms with E-state index in [1.807, 2.05) is 0 Å². The largest absolute Gasteiger partial charge is 0.481 e. The normalized spacial score (nSPS) is 12.0. The Bertz CT molecular complexity index is 393. The molecule has 0 amide bonds. The van der Waals surface area contributed by atoms with Crippen molar-refractivity contribution in [2.75, 3.05) is 7.11 Å². The summed E-state index contributed by atoms with van der Waals surface area (Å²) in [5.74, 6) is -0.747. The summed E-state index contributed by atoms with van der Waals surface area (Å²) in [4.78, 5) is 3.19. The van der Waals surface area contributed by atoms with E-state index >= 15 is 0 Å². The van der Waals surface area contributed by atoms with E-state index in [2.05, 4.69) is 25.7 Å². The minimum absolute atomic E-state index is 0.642. The van der Waals surface area contributed by atoms with Crippen molar-refractivity contribution in [3.63, 3.8) is 0 Å². The minimum Gasteiger partial charge on any atom is -0.481 e. The van der Waals surface area contributed by atoms with Crippen LogP contribution in [0.25, 0.3) is 0 Å². The molecule has 2 nitrogen and oxygen atoms in total. The quantitative estimate of drug-likeness (QED) is 0.775. The Balaban J connectivity index is 3.47. The Morgan fingerprint density at radius 2 is 1.94 bits per heavy atom. The van der Waals surface area contributed by atoms with Crippen LogP contribution >= 0.6 is 15.9 Å². The number of pyridine rings is 1. The van der Waals surface area contributed by atoms with Gasteiger partial charge in [0, 0.05) is 10.7 Å². The molecule has 1 aromatic heterocycles. The Kier molecular flexibility index (Phi) is 3.72. The predicted octanol–water partition coefficient (Wildman–Crippen LogP) is 3.81. The van der Waals surface area contributed by atoms with Gasteiger partial charge >= 0.3 is 6.18 Å². The molecule has 1 aromatic rings. The molecule has 0 aromatic carbocycles. The van der Waals surface area contributed by atoms with Gasteiger partial charge in [-0.15, -0.1) is 0 Å². The fourth-order valence-electron chi connectivity index (χ4n) is 1.04. The Labute approximate surface area is 95.6 Å². The zero-order valence-corrected chi connectivity index (χ0v) is 9.36. The summed E-state index contributed by atoms with van der Waals surface area (Å²) >= 11 is 2.49. The number of ether oxygens (including phenoxy) is 1. The first kappa shape index (κ1) is 13.1. The molecule has 0 bridgehead atoms. The Morgan fingerprint density at radius 1 is 1.38 bits per heavy atom. The molecule has 0 unspecified atom stereocenters. The fraction of sp³-hybridized carbons (Fsp3) is 0.375. The molecule has 0 aliphatic carbocycles. The maximum Gasteiger partial charge on any atom is 0.422 e. The van der Waals surface area contributed by atoms with E-state index in [0.29, 0.717) is 6.20 Å². The van der Waals surface area contributed by atoms with E-state index in [1.54, 1.807) is 0 Å². The number of nitrogens with zero attached hydrogens (tertiary/aromatic N) is 1. The topological polar surface area (TPSA) is 22.1 Å². The second-order valence-electron chi connectivity index (χ2n) is 2.71. The number of methoxy groups -OCH3 is 1. The van der Waals surface area contributed by atoms with Crippen LogP contribution in [0.2, 0.25) is 0 Å². The molecule has 0 spiro atoms. The van der Waals surface area contributed by atoms with Crippen molar-refractivity contribution < 1.29 is 26.7 Å². The zero-order valence-electron chi connectivity index (χ0n) is 7.78. The molecule has 0 saturated carbocycles. The summed E-state index contributed by atoms with van der Waals surface area (Å²) in [7, 11) is 0.978. The van der Waals surface area contributed by atoms with E-state index in [9.17, 15) is 22.0 Å². The molecule has 16 heavy (non-hydrogen) atoms. The monoisotopic (exact) mass is 305 g/mol. The number of rotatable bonds is 2. The highest BCUT2D eigenvalue weighted by Crippen LogP contribution is 2.43. The number of halogens is 6. The number of hydrogen-bond donors (Lipinski definition) is 0. The van der Waals surface area contributed by atoms with Gasteiger partial charge in [-0.1, -0.05) is 0 Å². The van der Waals surface area contributed by atoms with Gasteiger partial charge in [-0.05, 0) is 15.9 Å². The molecule has 1 rings (SSSR count). The van der Waals surface area contributed by atoms with Crippen molar-refractivity contribution in [1.29, 1.82) is 0 Å². The molecule has 0 atom stereocenters. The van der Waals surface area contributed by atoms with E-state index in [4.69, 9.17) is 0 Å². The average molecular weight is 306 g/mol. The second-order valence-corrected chi connectivity index (χ2v) is 3.50. The minimum atomic E-state index is -4.82. The van der Waals surface area contributed by atoms with Gasteiger partial charge < -0.3 is 4.74 Å². The second kappa shape index (κ2) is 4.52. The maximum atomic E-state index is 12.5. The lowest BCUT2D eigenvalue weighted by molar-refractivity contribution is -0.139. The van der Waals surface area contributed by atoms with Crippen molar-refractivity contribution in [1.82, 2.24) is 4.98 Å². The molecule has 0 saturated heterocycles. The van der Waals surface area contributed by atoms with Crippen LogP contribution in [-0.2, 0) is 6.18 Å². The van der Waals surface area contributed by atoms with Gasteiger partial charge in [-0.2, -0.15) is 13.2 Å². The van der Waals surface area contributed by atoms with Gasteiger partial charge in [-0.3, -0.25) is 0 Å². The molecule has 0 fully saturated rings. The molecule has 0 radical (unpaired) electrons. The summed E-state index contributed by atoms with van der Waals surface area (Å²) in [5.41, 5.74) is -2.17. The first-order chi connectivity index (χ1) is 7.29. The van der Waals surface area contributed by atoms with Crippen LogP contribution in [0.3, 0.4) is 0 Å². The third-order valence-electron chi connectivity index (χ3n) is 1.72. The molecule has 0 N–H and O–H groups in total. The molecular formula is C8H5BrF5NO. The van der Waals surface area contributed by atoms with Crippen LogP contribution in [0.1, 0.15) is 17.6 Å². The van der Waals surface area contributed by atoms with Crippen molar-refractivity contribution in [2.45, 2.75) is 12.6 Å². The first-order valence-electron chi connectivity index (χ1n) is 3.86. The van der Waals surface area contributed by atoms with Crippen LogP contribution in [0.5, 0.6) is 5.88 Å². The van der Waals surface area contributed by atoms with Crippen molar-refractivity contribution >= 4 is 15.9 Å². The number of hydrogen-bond acceptors (Lipinski definition) is 2. The van der Waals surface area contributed by atoms with Gasteiger partial charge in [0.2, 0.25) is 5.88 Å². The lowest BCUT2D eigenvalue weighted by Crippen LogP contribution is -2.11. The third kappa shape index (κ3) is 2.42. The summed E-state index contributed by atoms with van der Waals surface area (Å²) in [6, 6.07) is 0. The number of aromatic nitrogens is 1. The summed E-state index contributed by atoms with van der Waals surface area (Å²) in [6.07, 6.45) is -7.22. The molecule has 90 valence electrons. The predicted molar refractivity (Wildman–Crippen MR) is 48.4 cm³/mol. The molecular weight excluding hydrogens is 301 g/mol.